The highest BCUT2D eigenvalue weighted by atomic mass is 19.1. The summed E-state index contributed by atoms with van der Waals surface area (Å²) in [7, 11) is 0. The van der Waals surface area contributed by atoms with Crippen LogP contribution in [-0.2, 0) is 16.1 Å². The second kappa shape index (κ2) is 6.40. The third-order valence-corrected chi connectivity index (χ3v) is 5.20. The number of fused-ring (bicyclic) bond motifs is 2. The maximum atomic E-state index is 13.0. The van der Waals surface area contributed by atoms with Crippen molar-refractivity contribution in [1.82, 2.24) is 9.78 Å². The Bertz CT molecular complexity index is 874. The summed E-state index contributed by atoms with van der Waals surface area (Å²) >= 11 is 0. The van der Waals surface area contributed by atoms with Gasteiger partial charge >= 0.3 is 5.97 Å². The van der Waals surface area contributed by atoms with E-state index in [1.807, 2.05) is 12.2 Å². The van der Waals surface area contributed by atoms with Crippen molar-refractivity contribution in [2.24, 2.45) is 23.7 Å². The van der Waals surface area contributed by atoms with Gasteiger partial charge in [-0.3, -0.25) is 14.3 Å². The van der Waals surface area contributed by atoms with Crippen molar-refractivity contribution < 1.29 is 19.1 Å². The molecule has 6 nitrogen and oxygen atoms in total. The molecule has 134 valence electrons. The van der Waals surface area contributed by atoms with E-state index >= 15 is 0 Å². The molecule has 1 fully saturated rings. The Hall–Kier alpha value is -2.96. The van der Waals surface area contributed by atoms with Crippen LogP contribution < -0.4 is 5.32 Å². The largest absolute Gasteiger partial charge is 0.481 e. The number of halogens is 1. The zero-order chi connectivity index (χ0) is 18.3. The number of benzene rings is 1. The second-order valence-corrected chi connectivity index (χ2v) is 6.85. The minimum absolute atomic E-state index is 0.0256. The SMILES string of the molecule is O=C(Nc1ccn(Cc2ccc(F)cc2)n1)[C@@H]1[C@@H](C(=O)O)[C@H]2C=C[C@@H]1C2. The standard InChI is InChI=1S/C19H18FN3O3/c20-14-5-1-11(2-6-14)10-23-8-7-15(22-23)21-18(24)16-12-3-4-13(9-12)17(16)19(25)26/h1-8,12-13,16-17H,9-10H2,(H,25,26)(H,21,22,24)/t12-,13+,16+,17+/m1/s1. The molecule has 7 heteroatoms. The molecule has 4 rings (SSSR count). The summed E-state index contributed by atoms with van der Waals surface area (Å²) in [5.41, 5.74) is 0.886. The van der Waals surface area contributed by atoms with Gasteiger partial charge < -0.3 is 10.4 Å². The van der Waals surface area contributed by atoms with Crippen molar-refractivity contribution in [3.05, 3.63) is 60.1 Å². The molecule has 1 aromatic heterocycles. The van der Waals surface area contributed by atoms with Crippen molar-refractivity contribution in [3.63, 3.8) is 0 Å². The number of aromatic nitrogens is 2. The smallest absolute Gasteiger partial charge is 0.307 e. The highest BCUT2D eigenvalue weighted by Gasteiger charge is 2.51. The van der Waals surface area contributed by atoms with Gasteiger partial charge in [-0.2, -0.15) is 5.10 Å². The fourth-order valence-electron chi connectivity index (χ4n) is 4.02. The Balaban J connectivity index is 1.44. The summed E-state index contributed by atoms with van der Waals surface area (Å²) in [6, 6.07) is 7.79. The lowest BCUT2D eigenvalue weighted by Crippen LogP contribution is -2.36. The number of allylic oxidation sites excluding steroid dienone is 2. The predicted octanol–water partition coefficient (Wildman–Crippen LogP) is 2.53. The van der Waals surface area contributed by atoms with E-state index in [9.17, 15) is 19.1 Å². The van der Waals surface area contributed by atoms with E-state index in [0.717, 1.165) is 5.56 Å². The molecule has 2 N–H and O–H groups in total. The molecule has 2 aliphatic carbocycles. The Kier molecular flexibility index (Phi) is 4.06. The van der Waals surface area contributed by atoms with E-state index in [1.165, 1.54) is 12.1 Å². The van der Waals surface area contributed by atoms with Crippen LogP contribution >= 0.6 is 0 Å². The quantitative estimate of drug-likeness (QED) is 0.807. The Morgan fingerprint density at radius 2 is 1.85 bits per heavy atom. The van der Waals surface area contributed by atoms with Crippen molar-refractivity contribution in [1.29, 1.82) is 0 Å². The molecule has 0 spiro atoms. The van der Waals surface area contributed by atoms with E-state index in [0.29, 0.717) is 18.8 Å². The molecule has 1 heterocycles. The summed E-state index contributed by atoms with van der Waals surface area (Å²) in [5.74, 6) is -2.48. The van der Waals surface area contributed by atoms with Crippen molar-refractivity contribution in [2.45, 2.75) is 13.0 Å². The molecule has 0 aliphatic heterocycles. The predicted molar refractivity (Wildman–Crippen MR) is 91.7 cm³/mol. The first-order valence-corrected chi connectivity index (χ1v) is 8.51. The average Bonchev–Trinajstić information content (AvgIpc) is 3.32. The first-order valence-electron chi connectivity index (χ1n) is 8.51. The van der Waals surface area contributed by atoms with E-state index in [1.54, 1.807) is 29.1 Å². The van der Waals surface area contributed by atoms with Gasteiger partial charge in [-0.25, -0.2) is 4.39 Å². The van der Waals surface area contributed by atoms with E-state index < -0.39 is 17.8 Å². The van der Waals surface area contributed by atoms with Crippen LogP contribution in [0.3, 0.4) is 0 Å². The minimum Gasteiger partial charge on any atom is -0.481 e. The number of carbonyl (C=O) groups excluding carboxylic acids is 1. The molecule has 0 unspecified atom stereocenters. The van der Waals surface area contributed by atoms with Crippen molar-refractivity contribution >= 4 is 17.7 Å². The Labute approximate surface area is 149 Å². The summed E-state index contributed by atoms with van der Waals surface area (Å²) < 4.78 is 14.6. The molecule has 1 aromatic carbocycles. The molecule has 2 aliphatic rings. The van der Waals surface area contributed by atoms with Crippen molar-refractivity contribution in [3.8, 4) is 0 Å². The van der Waals surface area contributed by atoms with Gasteiger partial charge in [0.1, 0.15) is 5.82 Å². The molecule has 0 saturated heterocycles. The fraction of sp³-hybridized carbons (Fsp3) is 0.316. The van der Waals surface area contributed by atoms with Gasteiger partial charge in [-0.15, -0.1) is 0 Å². The fourth-order valence-corrected chi connectivity index (χ4v) is 4.02. The van der Waals surface area contributed by atoms with Crippen LogP contribution in [-0.4, -0.2) is 26.8 Å². The first-order chi connectivity index (χ1) is 12.5. The Morgan fingerprint density at radius 1 is 1.15 bits per heavy atom. The van der Waals surface area contributed by atoms with E-state index in [-0.39, 0.29) is 23.6 Å². The lowest BCUT2D eigenvalue weighted by molar-refractivity contribution is -0.146. The third-order valence-electron chi connectivity index (χ3n) is 5.20. The minimum atomic E-state index is -0.927. The maximum absolute atomic E-state index is 13.0. The topological polar surface area (TPSA) is 84.2 Å². The number of nitrogens with zero attached hydrogens (tertiary/aromatic N) is 2. The van der Waals surface area contributed by atoms with E-state index in [2.05, 4.69) is 10.4 Å². The van der Waals surface area contributed by atoms with Gasteiger partial charge in [0.15, 0.2) is 5.82 Å². The van der Waals surface area contributed by atoms with Crippen LogP contribution in [0.15, 0.2) is 48.7 Å². The number of hydrogen-bond acceptors (Lipinski definition) is 3. The van der Waals surface area contributed by atoms with Gasteiger partial charge in [-0.05, 0) is 36.0 Å². The first kappa shape index (κ1) is 16.5. The molecule has 2 bridgehead atoms. The normalized spacial score (nSPS) is 26.2. The molecule has 1 amide bonds. The van der Waals surface area contributed by atoms with E-state index in [4.69, 9.17) is 0 Å². The van der Waals surface area contributed by atoms with Crippen LogP contribution in [0.1, 0.15) is 12.0 Å². The number of hydrogen-bond donors (Lipinski definition) is 2. The molecular formula is C19H18FN3O3. The highest BCUT2D eigenvalue weighted by Crippen LogP contribution is 2.48. The summed E-state index contributed by atoms with van der Waals surface area (Å²) in [5, 5.41) is 16.5. The zero-order valence-corrected chi connectivity index (χ0v) is 13.9. The molecule has 1 saturated carbocycles. The van der Waals surface area contributed by atoms with Gasteiger partial charge in [-0.1, -0.05) is 24.3 Å². The summed E-state index contributed by atoms with van der Waals surface area (Å²) in [4.78, 5) is 24.2. The van der Waals surface area contributed by atoms with Gasteiger partial charge in [0, 0.05) is 12.3 Å². The molecule has 2 aromatic rings. The van der Waals surface area contributed by atoms with Gasteiger partial charge in [0.25, 0.3) is 0 Å². The highest BCUT2D eigenvalue weighted by molar-refractivity contribution is 5.95. The lowest BCUT2D eigenvalue weighted by atomic mass is 9.82. The molecule has 4 atom stereocenters. The lowest BCUT2D eigenvalue weighted by Gasteiger charge is -2.23. The van der Waals surface area contributed by atoms with Crippen LogP contribution in [0, 0.1) is 29.5 Å². The number of aliphatic carboxylic acids is 1. The second-order valence-electron chi connectivity index (χ2n) is 6.85. The van der Waals surface area contributed by atoms with Crippen LogP contribution in [0.2, 0.25) is 0 Å². The van der Waals surface area contributed by atoms with Gasteiger partial charge in [0.2, 0.25) is 5.91 Å². The number of anilines is 1. The molecular weight excluding hydrogens is 337 g/mol. The molecule has 26 heavy (non-hydrogen) atoms. The van der Waals surface area contributed by atoms with Crippen molar-refractivity contribution in [2.75, 3.05) is 5.32 Å². The van der Waals surface area contributed by atoms with Crippen LogP contribution in [0.5, 0.6) is 0 Å². The maximum Gasteiger partial charge on any atom is 0.307 e. The average molecular weight is 355 g/mol. The monoisotopic (exact) mass is 355 g/mol. The number of carboxylic acid groups (broad SMARTS) is 1. The number of carbonyl (C=O) groups is 2. The third kappa shape index (κ3) is 3.00. The number of nitrogens with one attached hydrogen (secondary N) is 1. The number of carboxylic acids is 1. The summed E-state index contributed by atoms with van der Waals surface area (Å²) in [6.45, 7) is 0.449. The molecule has 0 radical (unpaired) electrons. The van der Waals surface area contributed by atoms with Crippen LogP contribution in [0.25, 0.3) is 0 Å². The van der Waals surface area contributed by atoms with Gasteiger partial charge in [0.05, 0.1) is 18.4 Å². The zero-order valence-electron chi connectivity index (χ0n) is 13.9. The summed E-state index contributed by atoms with van der Waals surface area (Å²) in [6.07, 6.45) is 6.29. The Morgan fingerprint density at radius 3 is 2.54 bits per heavy atom. The number of rotatable bonds is 5. The van der Waals surface area contributed by atoms with Crippen LogP contribution in [0.4, 0.5) is 10.2 Å². The number of amides is 1.